The Morgan fingerprint density at radius 3 is 2.18 bits per heavy atom. The van der Waals surface area contributed by atoms with Gasteiger partial charge >= 0.3 is 0 Å². The highest BCUT2D eigenvalue weighted by Crippen LogP contribution is 2.35. The van der Waals surface area contributed by atoms with Gasteiger partial charge < -0.3 is 10.2 Å². The van der Waals surface area contributed by atoms with Crippen molar-refractivity contribution in [2.75, 3.05) is 7.05 Å². The molecule has 0 aromatic heterocycles. The van der Waals surface area contributed by atoms with Crippen LogP contribution in [0.5, 0.6) is 0 Å². The second-order valence-electron chi connectivity index (χ2n) is 6.72. The number of piperidine rings is 1. The van der Waals surface area contributed by atoms with Crippen molar-refractivity contribution < 1.29 is 0 Å². The van der Waals surface area contributed by atoms with Crippen molar-refractivity contribution in [3.05, 3.63) is 0 Å². The third kappa shape index (κ3) is 2.39. The molecule has 98 valence electrons. The molecule has 0 spiro atoms. The Kier molecular flexibility index (Phi) is 3.45. The van der Waals surface area contributed by atoms with Crippen LogP contribution in [-0.4, -0.2) is 36.1 Å². The summed E-state index contributed by atoms with van der Waals surface area (Å²) in [5.74, 6) is 0.965. The zero-order valence-corrected chi connectivity index (χ0v) is 11.5. The summed E-state index contributed by atoms with van der Waals surface area (Å²) < 4.78 is 0. The maximum absolute atomic E-state index is 3.96. The van der Waals surface area contributed by atoms with Gasteiger partial charge in [-0.3, -0.25) is 0 Å². The van der Waals surface area contributed by atoms with Crippen LogP contribution >= 0.6 is 0 Å². The molecule has 0 aromatic rings. The van der Waals surface area contributed by atoms with Crippen molar-refractivity contribution in [1.29, 1.82) is 0 Å². The first-order chi connectivity index (χ1) is 8.24. The minimum absolute atomic E-state index is 0.755. The van der Waals surface area contributed by atoms with Crippen LogP contribution in [-0.2, 0) is 0 Å². The van der Waals surface area contributed by atoms with Crippen molar-refractivity contribution in [1.82, 2.24) is 10.2 Å². The lowest BCUT2D eigenvalue weighted by Gasteiger charge is -2.38. The van der Waals surface area contributed by atoms with Crippen molar-refractivity contribution in [2.45, 2.75) is 82.5 Å². The van der Waals surface area contributed by atoms with E-state index in [2.05, 4.69) is 24.2 Å². The summed E-state index contributed by atoms with van der Waals surface area (Å²) in [6, 6.07) is 3.31. The number of hydrogen-bond donors (Lipinski definition) is 1. The Hall–Kier alpha value is -0.0800. The lowest BCUT2D eigenvalue weighted by molar-refractivity contribution is 0.138. The average Bonchev–Trinajstić information content (AvgIpc) is 2.88. The number of hydrogen-bond acceptors (Lipinski definition) is 2. The zero-order valence-electron chi connectivity index (χ0n) is 11.5. The van der Waals surface area contributed by atoms with Crippen LogP contribution in [0.25, 0.3) is 0 Å². The first-order valence-corrected chi connectivity index (χ1v) is 7.72. The normalized spacial score (nSPS) is 40.9. The first-order valence-electron chi connectivity index (χ1n) is 7.72. The van der Waals surface area contributed by atoms with E-state index in [-0.39, 0.29) is 0 Å². The zero-order chi connectivity index (χ0) is 11.8. The highest BCUT2D eigenvalue weighted by Gasteiger charge is 2.39. The predicted octanol–water partition coefficient (Wildman–Crippen LogP) is 2.78. The Morgan fingerprint density at radius 1 is 1.00 bits per heavy atom. The molecule has 0 aromatic carbocycles. The summed E-state index contributed by atoms with van der Waals surface area (Å²) in [4.78, 5) is 2.64. The van der Waals surface area contributed by atoms with Crippen molar-refractivity contribution >= 4 is 0 Å². The van der Waals surface area contributed by atoms with E-state index in [0.717, 1.165) is 30.1 Å². The number of nitrogens with zero attached hydrogens (tertiary/aromatic N) is 1. The van der Waals surface area contributed by atoms with Crippen molar-refractivity contribution in [2.24, 2.45) is 5.92 Å². The van der Waals surface area contributed by atoms with E-state index in [0.29, 0.717) is 0 Å². The molecular weight excluding hydrogens is 208 g/mol. The van der Waals surface area contributed by atoms with Crippen LogP contribution in [0.1, 0.15) is 58.3 Å². The minimum atomic E-state index is 0.755. The monoisotopic (exact) mass is 236 g/mol. The molecule has 2 bridgehead atoms. The molecule has 2 heterocycles. The van der Waals surface area contributed by atoms with E-state index < -0.39 is 0 Å². The van der Waals surface area contributed by atoms with Gasteiger partial charge in [-0.1, -0.05) is 12.8 Å². The Morgan fingerprint density at radius 2 is 1.59 bits per heavy atom. The van der Waals surface area contributed by atoms with Gasteiger partial charge in [-0.2, -0.15) is 0 Å². The van der Waals surface area contributed by atoms with Crippen molar-refractivity contribution in [3.63, 3.8) is 0 Å². The fourth-order valence-corrected chi connectivity index (χ4v) is 4.51. The first kappa shape index (κ1) is 12.0. The smallest absolute Gasteiger partial charge is 0.0111 e. The molecular formula is C15H28N2. The van der Waals surface area contributed by atoms with Gasteiger partial charge in [0.15, 0.2) is 0 Å². The molecule has 3 atom stereocenters. The van der Waals surface area contributed by atoms with Crippen LogP contribution in [0.4, 0.5) is 0 Å². The molecule has 0 radical (unpaired) electrons. The SMILES string of the molecule is C[C@H](NC1CC2CCC(C1)N2C)C1CCCC1. The molecule has 2 nitrogen and oxygen atoms in total. The van der Waals surface area contributed by atoms with Gasteiger partial charge in [0.25, 0.3) is 0 Å². The molecule has 2 aliphatic heterocycles. The van der Waals surface area contributed by atoms with E-state index in [1.54, 1.807) is 0 Å². The van der Waals surface area contributed by atoms with E-state index in [9.17, 15) is 0 Å². The molecule has 3 rings (SSSR count). The van der Waals surface area contributed by atoms with Gasteiger partial charge in [0.05, 0.1) is 0 Å². The van der Waals surface area contributed by atoms with Crippen molar-refractivity contribution in [3.8, 4) is 0 Å². The number of fused-ring (bicyclic) bond motifs is 2. The van der Waals surface area contributed by atoms with Crippen LogP contribution in [0.3, 0.4) is 0 Å². The molecule has 3 fully saturated rings. The lowest BCUT2D eigenvalue weighted by Crippen LogP contribution is -2.50. The van der Waals surface area contributed by atoms with Gasteiger partial charge in [0.2, 0.25) is 0 Å². The second-order valence-corrected chi connectivity index (χ2v) is 6.72. The Balaban J connectivity index is 1.52. The maximum Gasteiger partial charge on any atom is 0.0111 e. The van der Waals surface area contributed by atoms with Crippen LogP contribution in [0.2, 0.25) is 0 Å². The predicted molar refractivity (Wildman–Crippen MR) is 72.2 cm³/mol. The summed E-state index contributed by atoms with van der Waals surface area (Å²) in [5.41, 5.74) is 0. The summed E-state index contributed by atoms with van der Waals surface area (Å²) in [7, 11) is 2.33. The largest absolute Gasteiger partial charge is 0.311 e. The van der Waals surface area contributed by atoms with Gasteiger partial charge in [0, 0.05) is 24.2 Å². The van der Waals surface area contributed by atoms with Crippen LogP contribution in [0, 0.1) is 5.92 Å². The maximum atomic E-state index is 3.96. The molecule has 2 heteroatoms. The Labute approximate surface area is 106 Å². The molecule has 1 N–H and O–H groups in total. The highest BCUT2D eigenvalue weighted by molar-refractivity contribution is 4.97. The molecule has 17 heavy (non-hydrogen) atoms. The third-order valence-electron chi connectivity index (χ3n) is 5.70. The second kappa shape index (κ2) is 4.89. The molecule has 2 saturated heterocycles. The van der Waals surface area contributed by atoms with Crippen LogP contribution < -0.4 is 5.32 Å². The summed E-state index contributed by atoms with van der Waals surface area (Å²) in [5, 5.41) is 3.96. The van der Waals surface area contributed by atoms with Gasteiger partial charge in [-0.25, -0.2) is 0 Å². The summed E-state index contributed by atoms with van der Waals surface area (Å²) in [6.45, 7) is 2.43. The van der Waals surface area contributed by atoms with E-state index in [1.807, 2.05) is 0 Å². The molecule has 1 aliphatic carbocycles. The third-order valence-corrected chi connectivity index (χ3v) is 5.70. The van der Waals surface area contributed by atoms with Gasteiger partial charge in [-0.15, -0.1) is 0 Å². The molecule has 0 amide bonds. The topological polar surface area (TPSA) is 15.3 Å². The average molecular weight is 236 g/mol. The summed E-state index contributed by atoms with van der Waals surface area (Å²) >= 11 is 0. The van der Waals surface area contributed by atoms with Gasteiger partial charge in [0.1, 0.15) is 0 Å². The van der Waals surface area contributed by atoms with E-state index >= 15 is 0 Å². The number of nitrogens with one attached hydrogen (secondary N) is 1. The standard InChI is InChI=1S/C15H28N2/c1-11(12-5-3-4-6-12)16-13-9-14-7-8-15(10-13)17(14)2/h11-16H,3-10H2,1-2H3/t11-,13?,14?,15?/m0/s1. The minimum Gasteiger partial charge on any atom is -0.311 e. The quantitative estimate of drug-likeness (QED) is 0.810. The molecule has 1 saturated carbocycles. The van der Waals surface area contributed by atoms with Gasteiger partial charge in [-0.05, 0) is 58.4 Å². The fourth-order valence-electron chi connectivity index (χ4n) is 4.51. The van der Waals surface area contributed by atoms with E-state index in [4.69, 9.17) is 0 Å². The van der Waals surface area contributed by atoms with Crippen LogP contribution in [0.15, 0.2) is 0 Å². The molecule has 3 aliphatic rings. The highest BCUT2D eigenvalue weighted by atomic mass is 15.2. The van der Waals surface area contributed by atoms with E-state index in [1.165, 1.54) is 51.4 Å². The number of rotatable bonds is 3. The lowest BCUT2D eigenvalue weighted by atomic mass is 9.94. The Bertz CT molecular complexity index is 246. The fraction of sp³-hybridized carbons (Fsp3) is 1.00. The summed E-state index contributed by atoms with van der Waals surface area (Å²) in [6.07, 6.45) is 11.5. The molecule has 2 unspecified atom stereocenters.